The predicted octanol–water partition coefficient (Wildman–Crippen LogP) is 4.80. The molecule has 33 heavy (non-hydrogen) atoms. The summed E-state index contributed by atoms with van der Waals surface area (Å²) >= 11 is 0. The van der Waals surface area contributed by atoms with Gasteiger partial charge in [-0.3, -0.25) is 14.9 Å². The molecule has 0 aliphatic rings. The molecule has 1 N–H and O–H groups in total. The number of rotatable bonds is 7. The summed E-state index contributed by atoms with van der Waals surface area (Å²) in [6, 6.07) is 20.8. The number of hydrogen-bond donors (Lipinski definition) is 1. The first-order chi connectivity index (χ1) is 15.9. The van der Waals surface area contributed by atoms with E-state index in [2.05, 4.69) is 15.4 Å². The average molecular weight is 443 g/mol. The number of aromatic nitrogens is 3. The van der Waals surface area contributed by atoms with E-state index in [1.807, 2.05) is 44.2 Å². The van der Waals surface area contributed by atoms with Gasteiger partial charge in [0, 0.05) is 28.9 Å². The summed E-state index contributed by atoms with van der Waals surface area (Å²) in [5.41, 5.74) is 3.21. The van der Waals surface area contributed by atoms with Crippen molar-refractivity contribution in [1.82, 2.24) is 14.8 Å². The van der Waals surface area contributed by atoms with Gasteiger partial charge in [0.15, 0.2) is 5.82 Å². The van der Waals surface area contributed by atoms with E-state index in [1.54, 1.807) is 22.9 Å². The van der Waals surface area contributed by atoms with Crippen molar-refractivity contribution in [3.63, 3.8) is 0 Å². The normalized spacial score (nSPS) is 10.6. The standard InChI is InChI=1S/C24H21N5O4/c1-3-33-24-26-22(17-12-10-16(2)11-13-17)28(27-24)20-8-5-7-19(15-20)25-23(30)18-6-4-9-21(14-18)29(31)32/h4-15H,3H2,1-2H3,(H,25,30). The number of hydrogen-bond acceptors (Lipinski definition) is 6. The molecule has 0 fully saturated rings. The first kappa shape index (κ1) is 21.7. The van der Waals surface area contributed by atoms with Gasteiger partial charge in [0.25, 0.3) is 11.6 Å². The number of ether oxygens (including phenoxy) is 1. The molecule has 0 radical (unpaired) electrons. The molecule has 1 aromatic heterocycles. The smallest absolute Gasteiger partial charge is 0.336 e. The maximum atomic E-state index is 12.7. The molecule has 0 unspecified atom stereocenters. The molecule has 166 valence electrons. The Morgan fingerprint density at radius 1 is 1.09 bits per heavy atom. The molecule has 0 atom stereocenters. The third-order valence-corrected chi connectivity index (χ3v) is 4.84. The molecule has 1 amide bonds. The highest BCUT2D eigenvalue weighted by molar-refractivity contribution is 6.04. The van der Waals surface area contributed by atoms with Crippen LogP contribution < -0.4 is 10.1 Å². The molecular formula is C24H21N5O4. The number of non-ortho nitro benzene ring substituents is 1. The molecule has 1 heterocycles. The maximum absolute atomic E-state index is 12.7. The van der Waals surface area contributed by atoms with Gasteiger partial charge in [-0.2, -0.15) is 4.98 Å². The number of nitro benzene ring substituents is 1. The molecule has 0 spiro atoms. The van der Waals surface area contributed by atoms with Crippen LogP contribution in [0.5, 0.6) is 6.01 Å². The van der Waals surface area contributed by atoms with Crippen LogP contribution in [0.4, 0.5) is 11.4 Å². The van der Waals surface area contributed by atoms with Crippen molar-refractivity contribution >= 4 is 17.3 Å². The van der Waals surface area contributed by atoms with Crippen LogP contribution in [0.15, 0.2) is 72.8 Å². The first-order valence-electron chi connectivity index (χ1n) is 10.3. The summed E-state index contributed by atoms with van der Waals surface area (Å²) in [6.45, 7) is 4.29. The Labute approximate surface area is 189 Å². The highest BCUT2D eigenvalue weighted by Gasteiger charge is 2.16. The molecule has 0 saturated carbocycles. The van der Waals surface area contributed by atoms with Crippen LogP contribution in [0.25, 0.3) is 17.1 Å². The number of amides is 1. The number of nitrogens with one attached hydrogen (secondary N) is 1. The fourth-order valence-electron chi connectivity index (χ4n) is 3.23. The Bertz CT molecular complexity index is 1310. The number of nitro groups is 1. The minimum Gasteiger partial charge on any atom is -0.463 e. The van der Waals surface area contributed by atoms with Crippen LogP contribution in [0.1, 0.15) is 22.8 Å². The van der Waals surface area contributed by atoms with E-state index < -0.39 is 10.8 Å². The number of anilines is 1. The Hall–Kier alpha value is -4.53. The fraction of sp³-hybridized carbons (Fsp3) is 0.125. The zero-order valence-corrected chi connectivity index (χ0v) is 18.1. The number of carbonyl (C=O) groups excluding carboxylic acids is 1. The lowest BCUT2D eigenvalue weighted by molar-refractivity contribution is -0.384. The largest absolute Gasteiger partial charge is 0.463 e. The van der Waals surface area contributed by atoms with Crippen LogP contribution >= 0.6 is 0 Å². The van der Waals surface area contributed by atoms with Gasteiger partial charge in [0.2, 0.25) is 0 Å². The highest BCUT2D eigenvalue weighted by atomic mass is 16.6. The molecule has 0 aliphatic carbocycles. The van der Waals surface area contributed by atoms with E-state index in [4.69, 9.17) is 4.74 Å². The van der Waals surface area contributed by atoms with Gasteiger partial charge in [0.05, 0.1) is 17.2 Å². The second-order valence-electron chi connectivity index (χ2n) is 7.24. The van der Waals surface area contributed by atoms with Gasteiger partial charge in [-0.05, 0) is 38.1 Å². The molecule has 9 heteroatoms. The van der Waals surface area contributed by atoms with Crippen LogP contribution in [-0.4, -0.2) is 32.2 Å². The topological polar surface area (TPSA) is 112 Å². The lowest BCUT2D eigenvalue weighted by atomic mass is 10.1. The third-order valence-electron chi connectivity index (χ3n) is 4.84. The molecule has 4 aromatic rings. The summed E-state index contributed by atoms with van der Waals surface area (Å²) in [6.07, 6.45) is 0. The van der Waals surface area contributed by atoms with Crippen LogP contribution in [0, 0.1) is 17.0 Å². The van der Waals surface area contributed by atoms with Crippen molar-refractivity contribution < 1.29 is 14.5 Å². The number of carbonyl (C=O) groups is 1. The van der Waals surface area contributed by atoms with E-state index in [0.29, 0.717) is 23.8 Å². The molecule has 9 nitrogen and oxygen atoms in total. The molecule has 0 saturated heterocycles. The average Bonchev–Trinajstić information content (AvgIpc) is 3.24. The van der Waals surface area contributed by atoms with E-state index in [9.17, 15) is 14.9 Å². The van der Waals surface area contributed by atoms with E-state index in [0.717, 1.165) is 11.1 Å². The zero-order chi connectivity index (χ0) is 23.4. The SMILES string of the molecule is CCOc1nc(-c2ccc(C)cc2)n(-c2cccc(NC(=O)c3cccc([N+](=O)[O-])c3)c2)n1. The monoisotopic (exact) mass is 443 g/mol. The second kappa shape index (κ2) is 9.31. The Balaban J connectivity index is 1.66. The molecular weight excluding hydrogens is 422 g/mol. The van der Waals surface area contributed by atoms with Crippen molar-refractivity contribution in [2.75, 3.05) is 11.9 Å². The summed E-state index contributed by atoms with van der Waals surface area (Å²) in [4.78, 5) is 27.6. The summed E-state index contributed by atoms with van der Waals surface area (Å²) in [5, 5.41) is 18.3. The predicted molar refractivity (Wildman–Crippen MR) is 124 cm³/mol. The fourth-order valence-corrected chi connectivity index (χ4v) is 3.23. The van der Waals surface area contributed by atoms with Crippen molar-refractivity contribution in [2.45, 2.75) is 13.8 Å². The van der Waals surface area contributed by atoms with Gasteiger partial charge >= 0.3 is 6.01 Å². The van der Waals surface area contributed by atoms with Gasteiger partial charge < -0.3 is 10.1 Å². The second-order valence-corrected chi connectivity index (χ2v) is 7.24. The van der Waals surface area contributed by atoms with Crippen LogP contribution in [0.2, 0.25) is 0 Å². The Kier molecular flexibility index (Phi) is 6.12. The minimum atomic E-state index is -0.537. The molecule has 0 aliphatic heterocycles. The Morgan fingerprint density at radius 2 is 1.85 bits per heavy atom. The molecule has 0 bridgehead atoms. The lowest BCUT2D eigenvalue weighted by Crippen LogP contribution is -2.12. The van der Waals surface area contributed by atoms with Crippen molar-refractivity contribution in [2.24, 2.45) is 0 Å². The van der Waals surface area contributed by atoms with E-state index >= 15 is 0 Å². The van der Waals surface area contributed by atoms with Gasteiger partial charge in [-0.1, -0.05) is 42.0 Å². The van der Waals surface area contributed by atoms with Gasteiger partial charge in [0.1, 0.15) is 0 Å². The van der Waals surface area contributed by atoms with Gasteiger partial charge in [-0.25, -0.2) is 4.68 Å². The van der Waals surface area contributed by atoms with Crippen molar-refractivity contribution in [1.29, 1.82) is 0 Å². The lowest BCUT2D eigenvalue weighted by Gasteiger charge is -2.09. The molecule has 4 rings (SSSR count). The quantitative estimate of drug-likeness (QED) is 0.324. The summed E-state index contributed by atoms with van der Waals surface area (Å²) in [5.74, 6) is 0.142. The first-order valence-corrected chi connectivity index (χ1v) is 10.3. The van der Waals surface area contributed by atoms with E-state index in [-0.39, 0.29) is 17.3 Å². The van der Waals surface area contributed by atoms with Crippen molar-refractivity contribution in [3.05, 3.63) is 94.0 Å². The minimum absolute atomic E-state index is 0.148. The maximum Gasteiger partial charge on any atom is 0.336 e. The van der Waals surface area contributed by atoms with Crippen LogP contribution in [-0.2, 0) is 0 Å². The Morgan fingerprint density at radius 3 is 2.58 bits per heavy atom. The van der Waals surface area contributed by atoms with Gasteiger partial charge in [-0.15, -0.1) is 5.10 Å². The highest BCUT2D eigenvalue weighted by Crippen LogP contribution is 2.25. The number of benzene rings is 3. The zero-order valence-electron chi connectivity index (χ0n) is 18.1. The van der Waals surface area contributed by atoms with Crippen molar-refractivity contribution in [3.8, 4) is 23.1 Å². The number of aryl methyl sites for hydroxylation is 1. The third kappa shape index (κ3) is 4.87. The summed E-state index contributed by atoms with van der Waals surface area (Å²) < 4.78 is 7.16. The summed E-state index contributed by atoms with van der Waals surface area (Å²) in [7, 11) is 0. The molecule has 3 aromatic carbocycles. The number of nitrogens with zero attached hydrogens (tertiary/aromatic N) is 4. The van der Waals surface area contributed by atoms with Crippen LogP contribution in [0.3, 0.4) is 0 Å². The van der Waals surface area contributed by atoms with E-state index in [1.165, 1.54) is 24.3 Å².